The summed E-state index contributed by atoms with van der Waals surface area (Å²) in [6.45, 7) is 0. The predicted octanol–water partition coefficient (Wildman–Crippen LogP) is 4.98. The third-order valence-electron chi connectivity index (χ3n) is 3.86. The number of hydrogen-bond acceptors (Lipinski definition) is 3. The van der Waals surface area contributed by atoms with Crippen LogP contribution in [0.3, 0.4) is 0 Å². The Morgan fingerprint density at radius 3 is 2.37 bits per heavy atom. The quantitative estimate of drug-likeness (QED) is 0.465. The number of nitrogens with one attached hydrogen (secondary N) is 1. The lowest BCUT2D eigenvalue weighted by Gasteiger charge is -2.08. The Morgan fingerprint density at radius 2 is 1.63 bits per heavy atom. The summed E-state index contributed by atoms with van der Waals surface area (Å²) in [7, 11) is 0. The Hall–Kier alpha value is -2.92. The molecule has 0 saturated heterocycles. The van der Waals surface area contributed by atoms with Crippen molar-refractivity contribution < 1.29 is 14.0 Å². The third kappa shape index (κ3) is 5.79. The van der Waals surface area contributed by atoms with Gasteiger partial charge in [0.2, 0.25) is 5.91 Å². The van der Waals surface area contributed by atoms with Gasteiger partial charge in [0.05, 0.1) is 12.2 Å². The summed E-state index contributed by atoms with van der Waals surface area (Å²) in [5.74, 6) is -0.282. The molecule has 0 heterocycles. The number of halogens is 1. The van der Waals surface area contributed by atoms with Crippen LogP contribution in [-0.2, 0) is 11.2 Å². The van der Waals surface area contributed by atoms with E-state index in [1.807, 2.05) is 54.6 Å². The van der Waals surface area contributed by atoms with Crippen molar-refractivity contribution in [2.24, 2.45) is 0 Å². The van der Waals surface area contributed by atoms with Gasteiger partial charge in [-0.1, -0.05) is 36.4 Å². The highest BCUT2D eigenvalue weighted by molar-refractivity contribution is 8.00. The fraction of sp³-hybridized carbons (Fsp3) is 0.0909. The van der Waals surface area contributed by atoms with Crippen LogP contribution in [0, 0.1) is 5.82 Å². The molecule has 3 aromatic rings. The minimum Gasteiger partial charge on any atom is -0.326 e. The van der Waals surface area contributed by atoms with E-state index in [-0.39, 0.29) is 23.3 Å². The smallest absolute Gasteiger partial charge is 0.228 e. The zero-order valence-corrected chi connectivity index (χ0v) is 15.3. The highest BCUT2D eigenvalue weighted by Gasteiger charge is 2.08. The van der Waals surface area contributed by atoms with Gasteiger partial charge in [0, 0.05) is 16.1 Å². The Morgan fingerprint density at radius 1 is 0.889 bits per heavy atom. The average Bonchev–Trinajstić information content (AvgIpc) is 2.67. The molecule has 0 fully saturated rings. The monoisotopic (exact) mass is 379 g/mol. The van der Waals surface area contributed by atoms with Crippen molar-refractivity contribution in [2.75, 3.05) is 11.1 Å². The zero-order valence-electron chi connectivity index (χ0n) is 14.5. The van der Waals surface area contributed by atoms with Crippen LogP contribution in [-0.4, -0.2) is 17.4 Å². The second-order valence-electron chi connectivity index (χ2n) is 5.96. The van der Waals surface area contributed by atoms with Gasteiger partial charge in [0.25, 0.3) is 0 Å². The molecule has 136 valence electrons. The van der Waals surface area contributed by atoms with Gasteiger partial charge in [-0.05, 0) is 48.0 Å². The summed E-state index contributed by atoms with van der Waals surface area (Å²) in [5.41, 5.74) is 2.12. The van der Waals surface area contributed by atoms with Gasteiger partial charge < -0.3 is 5.32 Å². The van der Waals surface area contributed by atoms with E-state index >= 15 is 0 Å². The Labute approximate surface area is 161 Å². The van der Waals surface area contributed by atoms with E-state index in [0.717, 1.165) is 10.5 Å². The molecule has 3 rings (SSSR count). The molecule has 0 aliphatic carbocycles. The number of ketones is 1. The Kier molecular flexibility index (Phi) is 6.39. The first-order chi connectivity index (χ1) is 13.1. The number of hydrogen-bond donors (Lipinski definition) is 1. The highest BCUT2D eigenvalue weighted by atomic mass is 32.2. The fourth-order valence-corrected chi connectivity index (χ4v) is 3.37. The summed E-state index contributed by atoms with van der Waals surface area (Å²) >= 11 is 1.38. The van der Waals surface area contributed by atoms with E-state index in [9.17, 15) is 14.0 Å². The van der Waals surface area contributed by atoms with Gasteiger partial charge in [-0.25, -0.2) is 4.39 Å². The molecule has 0 saturated carbocycles. The molecule has 0 spiro atoms. The predicted molar refractivity (Wildman–Crippen MR) is 107 cm³/mol. The van der Waals surface area contributed by atoms with Crippen molar-refractivity contribution in [2.45, 2.75) is 11.3 Å². The van der Waals surface area contributed by atoms with E-state index in [2.05, 4.69) is 5.32 Å². The van der Waals surface area contributed by atoms with E-state index in [1.54, 1.807) is 0 Å². The molecule has 0 unspecified atom stereocenters. The molecule has 0 radical (unpaired) electrons. The van der Waals surface area contributed by atoms with Crippen LogP contribution in [0.15, 0.2) is 83.8 Å². The second kappa shape index (κ2) is 9.14. The first kappa shape index (κ1) is 18.9. The van der Waals surface area contributed by atoms with Crippen molar-refractivity contribution in [3.05, 3.63) is 95.8 Å². The van der Waals surface area contributed by atoms with Crippen LogP contribution in [0.5, 0.6) is 0 Å². The van der Waals surface area contributed by atoms with Gasteiger partial charge in [-0.2, -0.15) is 0 Å². The Bertz CT molecular complexity index is 927. The lowest BCUT2D eigenvalue weighted by Crippen LogP contribution is -2.14. The maximum atomic E-state index is 12.9. The average molecular weight is 379 g/mol. The number of amides is 1. The van der Waals surface area contributed by atoms with Gasteiger partial charge in [0.15, 0.2) is 5.78 Å². The largest absolute Gasteiger partial charge is 0.326 e. The molecule has 1 amide bonds. The van der Waals surface area contributed by atoms with E-state index in [4.69, 9.17) is 0 Å². The first-order valence-electron chi connectivity index (χ1n) is 8.45. The fourth-order valence-electron chi connectivity index (χ4n) is 2.52. The summed E-state index contributed by atoms with van der Waals surface area (Å²) in [4.78, 5) is 25.2. The van der Waals surface area contributed by atoms with Crippen LogP contribution >= 0.6 is 11.8 Å². The normalized spacial score (nSPS) is 10.4. The van der Waals surface area contributed by atoms with E-state index in [0.29, 0.717) is 17.7 Å². The molecule has 27 heavy (non-hydrogen) atoms. The first-order valence-corrected chi connectivity index (χ1v) is 9.44. The molecule has 1 N–H and O–H groups in total. The number of benzene rings is 3. The molecular formula is C22H18FNO2S. The summed E-state index contributed by atoms with van der Waals surface area (Å²) in [6, 6.07) is 22.4. The standard InChI is InChI=1S/C22H18FNO2S/c23-18-11-9-17(10-12-18)21(25)15-27-20-8-4-7-19(14-20)24-22(26)13-16-5-2-1-3-6-16/h1-12,14H,13,15H2,(H,24,26). The molecule has 3 nitrogen and oxygen atoms in total. The van der Waals surface area contributed by atoms with Gasteiger partial charge in [0.1, 0.15) is 5.82 Å². The van der Waals surface area contributed by atoms with E-state index < -0.39 is 0 Å². The molecule has 0 aromatic heterocycles. The number of anilines is 1. The maximum absolute atomic E-state index is 12.9. The second-order valence-corrected chi connectivity index (χ2v) is 7.01. The summed E-state index contributed by atoms with van der Waals surface area (Å²) < 4.78 is 12.9. The lowest BCUT2D eigenvalue weighted by atomic mass is 10.1. The van der Waals surface area contributed by atoms with Crippen molar-refractivity contribution in [1.82, 2.24) is 0 Å². The number of rotatable bonds is 7. The lowest BCUT2D eigenvalue weighted by molar-refractivity contribution is -0.115. The van der Waals surface area contributed by atoms with Crippen LogP contribution in [0.1, 0.15) is 15.9 Å². The van der Waals surface area contributed by atoms with Crippen molar-refractivity contribution in [3.8, 4) is 0 Å². The van der Waals surface area contributed by atoms with Gasteiger partial charge in [-0.15, -0.1) is 11.8 Å². The summed E-state index contributed by atoms with van der Waals surface area (Å²) in [5, 5.41) is 2.88. The minimum absolute atomic E-state index is 0.0708. The molecule has 0 bridgehead atoms. The highest BCUT2D eigenvalue weighted by Crippen LogP contribution is 2.23. The van der Waals surface area contributed by atoms with Crippen molar-refractivity contribution in [3.63, 3.8) is 0 Å². The van der Waals surface area contributed by atoms with Crippen LogP contribution in [0.2, 0.25) is 0 Å². The van der Waals surface area contributed by atoms with Crippen LogP contribution in [0.4, 0.5) is 10.1 Å². The van der Waals surface area contributed by atoms with E-state index in [1.165, 1.54) is 36.0 Å². The topological polar surface area (TPSA) is 46.2 Å². The SMILES string of the molecule is O=C(Cc1ccccc1)Nc1cccc(SCC(=O)c2ccc(F)cc2)c1. The van der Waals surface area contributed by atoms with Crippen molar-refractivity contribution in [1.29, 1.82) is 0 Å². The maximum Gasteiger partial charge on any atom is 0.228 e. The molecule has 3 aromatic carbocycles. The van der Waals surface area contributed by atoms with Gasteiger partial charge >= 0.3 is 0 Å². The number of carbonyl (C=O) groups is 2. The number of carbonyl (C=O) groups excluding carboxylic acids is 2. The number of Topliss-reactive ketones (excluding diaryl/α,β-unsaturated/α-hetero) is 1. The minimum atomic E-state index is -0.363. The zero-order chi connectivity index (χ0) is 19.1. The molecular weight excluding hydrogens is 361 g/mol. The molecule has 0 atom stereocenters. The molecule has 0 aliphatic heterocycles. The third-order valence-corrected chi connectivity index (χ3v) is 4.86. The Balaban J connectivity index is 1.56. The molecule has 5 heteroatoms. The van der Waals surface area contributed by atoms with Crippen LogP contribution in [0.25, 0.3) is 0 Å². The van der Waals surface area contributed by atoms with Gasteiger partial charge in [-0.3, -0.25) is 9.59 Å². The number of thioether (sulfide) groups is 1. The van der Waals surface area contributed by atoms with Crippen molar-refractivity contribution >= 4 is 29.1 Å². The molecule has 0 aliphatic rings. The van der Waals surface area contributed by atoms with Crippen LogP contribution < -0.4 is 5.32 Å². The summed E-state index contributed by atoms with van der Waals surface area (Å²) in [6.07, 6.45) is 0.307.